The van der Waals surface area contributed by atoms with Crippen LogP contribution in [0.2, 0.25) is 0 Å². The molecule has 0 aromatic heterocycles. The first-order valence-electron chi connectivity index (χ1n) is 20.1. The van der Waals surface area contributed by atoms with Crippen LogP contribution in [0.5, 0.6) is 0 Å². The fourth-order valence-corrected chi connectivity index (χ4v) is 10.2. The van der Waals surface area contributed by atoms with Crippen LogP contribution in [0.3, 0.4) is 0 Å². The number of nitrogens with zero attached hydrogens (tertiary/aromatic N) is 1. The van der Waals surface area contributed by atoms with Crippen molar-refractivity contribution < 1.29 is 32.4 Å². The lowest BCUT2D eigenvalue weighted by Crippen LogP contribution is -2.64. The van der Waals surface area contributed by atoms with E-state index in [9.17, 15) is 32.4 Å². The molecule has 0 aromatic rings. The van der Waals surface area contributed by atoms with Crippen molar-refractivity contribution in [3.05, 3.63) is 0 Å². The zero-order valence-corrected chi connectivity index (χ0v) is 33.3. The molecule has 0 radical (unpaired) electrons. The largest absolute Gasteiger partial charge is 0.347 e. The summed E-state index contributed by atoms with van der Waals surface area (Å²) in [7, 11) is -3.56. The van der Waals surface area contributed by atoms with Crippen molar-refractivity contribution in [3.8, 4) is 0 Å². The molecule has 4 N–H and O–H groups in total. The van der Waals surface area contributed by atoms with E-state index < -0.39 is 67.3 Å². The zero-order valence-electron chi connectivity index (χ0n) is 32.5. The average Bonchev–Trinajstić information content (AvgIpc) is 4.01. The molecule has 5 atom stereocenters. The molecule has 1 heterocycles. The van der Waals surface area contributed by atoms with Crippen LogP contribution in [0.1, 0.15) is 144 Å². The van der Waals surface area contributed by atoms with Gasteiger partial charge in [0.15, 0.2) is 9.84 Å². The van der Waals surface area contributed by atoms with Gasteiger partial charge in [-0.1, -0.05) is 72.1 Å². The van der Waals surface area contributed by atoms with Gasteiger partial charge in [-0.3, -0.25) is 19.2 Å². The number of likely N-dealkylation sites (tertiary alicyclic amines) is 1. The first-order valence-corrected chi connectivity index (χ1v) is 21.8. The van der Waals surface area contributed by atoms with E-state index in [4.69, 9.17) is 0 Å². The van der Waals surface area contributed by atoms with Crippen molar-refractivity contribution in [1.82, 2.24) is 26.2 Å². The Morgan fingerprint density at radius 1 is 0.846 bits per heavy atom. The number of carbonyl (C=O) groups excluding carboxylic acids is 5. The van der Waals surface area contributed by atoms with Gasteiger partial charge in [0.25, 0.3) is 5.91 Å². The first kappa shape index (κ1) is 40.5. The lowest BCUT2D eigenvalue weighted by Gasteiger charge is -2.44. The van der Waals surface area contributed by atoms with Crippen molar-refractivity contribution in [2.24, 2.45) is 23.2 Å². The first-order chi connectivity index (χ1) is 24.3. The van der Waals surface area contributed by atoms with E-state index in [1.54, 1.807) is 25.7 Å². The van der Waals surface area contributed by atoms with Gasteiger partial charge in [0.05, 0.1) is 22.1 Å². The van der Waals surface area contributed by atoms with Crippen molar-refractivity contribution >= 4 is 39.4 Å². The monoisotopic (exact) mass is 747 g/mol. The normalized spacial score (nSPS) is 27.2. The fraction of sp³-hybridized carbons (Fsp3) is 0.872. The number of amides is 5. The SMILES string of the molecule is C[C@@H]1[C@@H](C(=O)N[C@@H](CCC2CC2)C(=O)C(=O)NC2CC2)N(C(=O)[C@@H](NC(=O)NC2(CS(=O)(=O)C(C)(C)C)CCCCC2)C2(C)CCCCC2)C[C@@H]1C. The van der Waals surface area contributed by atoms with Gasteiger partial charge >= 0.3 is 6.03 Å². The average molecular weight is 748 g/mol. The van der Waals surface area contributed by atoms with Crippen molar-refractivity contribution in [3.63, 3.8) is 0 Å². The Morgan fingerprint density at radius 2 is 1.44 bits per heavy atom. The molecular weight excluding hydrogens is 683 g/mol. The molecule has 5 amide bonds. The van der Waals surface area contributed by atoms with Crippen molar-refractivity contribution in [2.75, 3.05) is 12.3 Å². The van der Waals surface area contributed by atoms with E-state index in [2.05, 4.69) is 21.3 Å². The van der Waals surface area contributed by atoms with Crippen LogP contribution in [-0.2, 0) is 29.0 Å². The van der Waals surface area contributed by atoms with Crippen LogP contribution in [0.15, 0.2) is 0 Å². The molecule has 0 unspecified atom stereocenters. The summed E-state index contributed by atoms with van der Waals surface area (Å²) in [5, 5.41) is 11.8. The highest BCUT2D eigenvalue weighted by atomic mass is 32.2. The van der Waals surface area contributed by atoms with Gasteiger partial charge in [-0.15, -0.1) is 0 Å². The van der Waals surface area contributed by atoms with E-state index in [1.807, 2.05) is 20.8 Å². The number of hydrogen-bond donors (Lipinski definition) is 4. The molecule has 0 aromatic carbocycles. The Balaban J connectivity index is 1.37. The molecule has 4 saturated carbocycles. The number of Topliss-reactive ketones (excluding diaryl/α,β-unsaturated/α-hetero) is 1. The molecular formula is C39H65N5O7S. The summed E-state index contributed by atoms with van der Waals surface area (Å²) < 4.78 is 25.9. The molecule has 5 rings (SSSR count). The third-order valence-corrected chi connectivity index (χ3v) is 15.7. The van der Waals surface area contributed by atoms with E-state index in [-0.39, 0.29) is 29.5 Å². The third-order valence-electron chi connectivity index (χ3n) is 12.9. The van der Waals surface area contributed by atoms with Gasteiger partial charge in [-0.25, -0.2) is 13.2 Å². The Labute approximate surface area is 311 Å². The van der Waals surface area contributed by atoms with Crippen LogP contribution in [0.25, 0.3) is 0 Å². The molecule has 0 spiro atoms. The Morgan fingerprint density at radius 3 is 2.00 bits per heavy atom. The van der Waals surface area contributed by atoms with E-state index >= 15 is 0 Å². The molecule has 5 fully saturated rings. The van der Waals surface area contributed by atoms with Gasteiger partial charge in [0.1, 0.15) is 12.1 Å². The number of hydrogen-bond acceptors (Lipinski definition) is 7. The van der Waals surface area contributed by atoms with Gasteiger partial charge in [0, 0.05) is 12.6 Å². The maximum Gasteiger partial charge on any atom is 0.315 e. The lowest BCUT2D eigenvalue weighted by molar-refractivity contribution is -0.145. The molecule has 4 aliphatic carbocycles. The number of nitrogens with one attached hydrogen (secondary N) is 4. The topological polar surface area (TPSA) is 171 Å². The fourth-order valence-electron chi connectivity index (χ4n) is 8.64. The molecule has 52 heavy (non-hydrogen) atoms. The third kappa shape index (κ3) is 9.69. The molecule has 13 heteroatoms. The predicted octanol–water partition coefficient (Wildman–Crippen LogP) is 4.55. The van der Waals surface area contributed by atoms with Crippen molar-refractivity contribution in [2.45, 2.75) is 179 Å². The minimum absolute atomic E-state index is 0.0127. The zero-order chi connectivity index (χ0) is 38.1. The predicted molar refractivity (Wildman–Crippen MR) is 200 cm³/mol. The van der Waals surface area contributed by atoms with Crippen LogP contribution >= 0.6 is 0 Å². The molecule has 1 aliphatic heterocycles. The van der Waals surface area contributed by atoms with Gasteiger partial charge < -0.3 is 26.2 Å². The summed E-state index contributed by atoms with van der Waals surface area (Å²) in [6.07, 6.45) is 12.9. The number of rotatable bonds is 14. The standard InChI is InChI=1S/C39H65N5O7S/c1-25-23-44(30(26(25)2)33(46)41-29(18-15-27-13-14-27)31(45)34(47)40-28-16-17-28)35(48)32(38(6)19-9-7-10-20-38)42-36(49)43-39(21-11-8-12-22-39)24-52(50,51)37(3,4)5/h25-30,32H,7-24H2,1-6H3,(H,40,47)(H,41,46)(H2,42,43,49)/t25-,26-,29-,30-,32+/m0/s1. The maximum atomic E-state index is 14.9. The van der Waals surface area contributed by atoms with Gasteiger partial charge in [0.2, 0.25) is 17.6 Å². The minimum atomic E-state index is -3.56. The van der Waals surface area contributed by atoms with E-state index in [0.29, 0.717) is 31.7 Å². The summed E-state index contributed by atoms with van der Waals surface area (Å²) in [6, 6.07) is -3.36. The molecule has 12 nitrogen and oxygen atoms in total. The van der Waals surface area contributed by atoms with Crippen LogP contribution < -0.4 is 21.3 Å². The van der Waals surface area contributed by atoms with E-state index in [1.165, 1.54) is 0 Å². The summed E-state index contributed by atoms with van der Waals surface area (Å²) in [5.74, 6) is -2.05. The summed E-state index contributed by atoms with van der Waals surface area (Å²) >= 11 is 0. The lowest BCUT2D eigenvalue weighted by atomic mass is 9.70. The second kappa shape index (κ2) is 16.0. The number of sulfone groups is 1. The summed E-state index contributed by atoms with van der Waals surface area (Å²) in [5.41, 5.74) is -1.52. The molecule has 1 saturated heterocycles. The molecule has 5 aliphatic rings. The van der Waals surface area contributed by atoms with Crippen LogP contribution in [0.4, 0.5) is 4.79 Å². The quantitative estimate of drug-likeness (QED) is 0.189. The van der Waals surface area contributed by atoms with E-state index in [0.717, 1.165) is 83.5 Å². The Bertz CT molecular complexity index is 1450. The number of carbonyl (C=O) groups is 5. The highest BCUT2D eigenvalue weighted by Crippen LogP contribution is 2.42. The minimum Gasteiger partial charge on any atom is -0.347 e. The van der Waals surface area contributed by atoms with Crippen LogP contribution in [-0.4, -0.2) is 89.6 Å². The maximum absolute atomic E-state index is 14.9. The van der Waals surface area contributed by atoms with Gasteiger partial charge in [-0.05, 0) is 95.3 Å². The Kier molecular flexibility index (Phi) is 12.4. The number of ketones is 1. The smallest absolute Gasteiger partial charge is 0.315 e. The van der Waals surface area contributed by atoms with Crippen molar-refractivity contribution in [1.29, 1.82) is 0 Å². The highest BCUT2D eigenvalue weighted by molar-refractivity contribution is 7.92. The Hall–Kier alpha value is -2.70. The highest BCUT2D eigenvalue weighted by Gasteiger charge is 2.51. The van der Waals surface area contributed by atoms with Crippen LogP contribution in [0, 0.1) is 23.2 Å². The second-order valence-electron chi connectivity index (χ2n) is 18.4. The molecule has 294 valence electrons. The number of urea groups is 1. The van der Waals surface area contributed by atoms with Gasteiger partial charge in [-0.2, -0.15) is 0 Å². The summed E-state index contributed by atoms with van der Waals surface area (Å²) in [6.45, 7) is 11.3. The second-order valence-corrected chi connectivity index (χ2v) is 21.2. The summed E-state index contributed by atoms with van der Waals surface area (Å²) in [4.78, 5) is 70.9. The molecule has 0 bridgehead atoms.